The van der Waals surface area contributed by atoms with Crippen LogP contribution in [0, 0.1) is 0 Å². The Hall–Kier alpha value is -1.43. The summed E-state index contributed by atoms with van der Waals surface area (Å²) in [6.45, 7) is 4.33. The Labute approximate surface area is 88.7 Å². The number of nitrogens with two attached hydrogens (primary N) is 1. The van der Waals surface area contributed by atoms with Crippen LogP contribution in [0.2, 0.25) is 0 Å². The number of nitrogens with one attached hydrogen (secondary N) is 2. The van der Waals surface area contributed by atoms with Gasteiger partial charge in [0.15, 0.2) is 0 Å². The maximum Gasteiger partial charge on any atom is 0.291 e. The molecule has 1 heterocycles. The Morgan fingerprint density at radius 3 is 2.80 bits per heavy atom. The normalized spacial score (nSPS) is 12.5. The first-order valence-electron chi connectivity index (χ1n) is 5.13. The molecule has 0 aliphatic rings. The minimum Gasteiger partial charge on any atom is -0.345 e. The Kier molecular flexibility index (Phi) is 4.23. The first kappa shape index (κ1) is 11.6. The van der Waals surface area contributed by atoms with Crippen molar-refractivity contribution in [3.8, 4) is 0 Å². The van der Waals surface area contributed by atoms with E-state index in [1.807, 2.05) is 13.8 Å². The molecule has 1 rings (SSSR count). The van der Waals surface area contributed by atoms with E-state index in [-0.39, 0.29) is 17.8 Å². The number of nitrogens with zero attached hydrogens (tertiary/aromatic N) is 2. The molecular formula is C9H17N5O. The largest absolute Gasteiger partial charge is 0.345 e. The summed E-state index contributed by atoms with van der Waals surface area (Å²) in [7, 11) is 0. The standard InChI is InChI=1S/C9H17N5O/c1-3-6(5-10)11-9(15)8-12-7(4-2)13-14-8/h6H,3-5,10H2,1-2H3,(H,11,15)(H,12,13,14). The van der Waals surface area contributed by atoms with Gasteiger partial charge in [-0.1, -0.05) is 13.8 Å². The molecule has 0 aliphatic carbocycles. The number of hydrogen-bond donors (Lipinski definition) is 3. The van der Waals surface area contributed by atoms with Gasteiger partial charge in [0.2, 0.25) is 5.82 Å². The molecule has 6 heteroatoms. The summed E-state index contributed by atoms with van der Waals surface area (Å²) in [4.78, 5) is 15.6. The van der Waals surface area contributed by atoms with Crippen molar-refractivity contribution in [2.45, 2.75) is 32.7 Å². The summed E-state index contributed by atoms with van der Waals surface area (Å²) in [5.41, 5.74) is 5.48. The summed E-state index contributed by atoms with van der Waals surface area (Å²) in [6.07, 6.45) is 1.53. The van der Waals surface area contributed by atoms with Crippen molar-refractivity contribution in [1.82, 2.24) is 20.5 Å². The lowest BCUT2D eigenvalue weighted by Crippen LogP contribution is -2.40. The number of amides is 1. The van der Waals surface area contributed by atoms with Crippen LogP contribution in [0.15, 0.2) is 0 Å². The highest BCUT2D eigenvalue weighted by molar-refractivity contribution is 5.90. The second-order valence-corrected chi connectivity index (χ2v) is 3.27. The van der Waals surface area contributed by atoms with Crippen molar-refractivity contribution in [3.05, 3.63) is 11.6 Å². The molecule has 6 nitrogen and oxygen atoms in total. The molecule has 0 saturated carbocycles. The highest BCUT2D eigenvalue weighted by Gasteiger charge is 2.14. The van der Waals surface area contributed by atoms with Gasteiger partial charge in [0.25, 0.3) is 5.91 Å². The van der Waals surface area contributed by atoms with Crippen LogP contribution >= 0.6 is 0 Å². The van der Waals surface area contributed by atoms with Crippen LogP contribution in [0.25, 0.3) is 0 Å². The number of aryl methyl sites for hydroxylation is 1. The van der Waals surface area contributed by atoms with Crippen molar-refractivity contribution in [2.75, 3.05) is 6.54 Å². The summed E-state index contributed by atoms with van der Waals surface area (Å²) in [6, 6.07) is -0.0129. The van der Waals surface area contributed by atoms with E-state index in [9.17, 15) is 4.79 Å². The number of aromatic amines is 1. The van der Waals surface area contributed by atoms with Crippen LogP contribution in [-0.4, -0.2) is 33.7 Å². The van der Waals surface area contributed by atoms with Crippen molar-refractivity contribution in [3.63, 3.8) is 0 Å². The topological polar surface area (TPSA) is 96.7 Å². The van der Waals surface area contributed by atoms with Crippen LogP contribution in [0.5, 0.6) is 0 Å². The lowest BCUT2D eigenvalue weighted by molar-refractivity contribution is 0.0927. The highest BCUT2D eigenvalue weighted by atomic mass is 16.2. The molecule has 0 bridgehead atoms. The van der Waals surface area contributed by atoms with E-state index in [1.165, 1.54) is 0 Å². The predicted octanol–water partition coefficient (Wildman–Crippen LogP) is -0.166. The van der Waals surface area contributed by atoms with Gasteiger partial charge in [-0.15, -0.1) is 5.10 Å². The van der Waals surface area contributed by atoms with E-state index >= 15 is 0 Å². The number of aromatic nitrogens is 3. The first-order chi connectivity index (χ1) is 7.21. The zero-order valence-corrected chi connectivity index (χ0v) is 9.08. The fourth-order valence-electron chi connectivity index (χ4n) is 1.13. The van der Waals surface area contributed by atoms with Gasteiger partial charge < -0.3 is 11.1 Å². The number of rotatable bonds is 5. The van der Waals surface area contributed by atoms with Gasteiger partial charge in [0.05, 0.1) is 0 Å². The van der Waals surface area contributed by atoms with Crippen LogP contribution < -0.4 is 11.1 Å². The lowest BCUT2D eigenvalue weighted by atomic mass is 10.2. The average molecular weight is 211 g/mol. The van der Waals surface area contributed by atoms with Gasteiger partial charge in [-0.05, 0) is 6.42 Å². The molecule has 0 fully saturated rings. The Balaban J connectivity index is 2.60. The molecule has 1 atom stereocenters. The van der Waals surface area contributed by atoms with Crippen LogP contribution in [0.4, 0.5) is 0 Å². The van der Waals surface area contributed by atoms with E-state index in [0.29, 0.717) is 12.4 Å². The second-order valence-electron chi connectivity index (χ2n) is 3.27. The molecule has 0 saturated heterocycles. The third-order valence-corrected chi connectivity index (χ3v) is 2.18. The van der Waals surface area contributed by atoms with Crippen molar-refractivity contribution in [2.24, 2.45) is 5.73 Å². The van der Waals surface area contributed by atoms with E-state index in [2.05, 4.69) is 20.5 Å². The molecule has 15 heavy (non-hydrogen) atoms. The lowest BCUT2D eigenvalue weighted by Gasteiger charge is -2.12. The quantitative estimate of drug-likeness (QED) is 0.630. The smallest absolute Gasteiger partial charge is 0.291 e. The maximum atomic E-state index is 11.6. The van der Waals surface area contributed by atoms with Crippen molar-refractivity contribution < 1.29 is 4.79 Å². The predicted molar refractivity (Wildman–Crippen MR) is 56.4 cm³/mol. The van der Waals surface area contributed by atoms with E-state index in [1.54, 1.807) is 0 Å². The second kappa shape index (κ2) is 5.45. The highest BCUT2D eigenvalue weighted by Crippen LogP contribution is 1.95. The van der Waals surface area contributed by atoms with Crippen LogP contribution in [-0.2, 0) is 6.42 Å². The molecule has 0 aliphatic heterocycles. The Bertz CT molecular complexity index is 318. The Morgan fingerprint density at radius 1 is 1.60 bits per heavy atom. The van der Waals surface area contributed by atoms with Gasteiger partial charge in [0.1, 0.15) is 5.82 Å². The number of H-pyrrole nitrogens is 1. The van der Waals surface area contributed by atoms with E-state index in [0.717, 1.165) is 12.8 Å². The van der Waals surface area contributed by atoms with Gasteiger partial charge in [-0.2, -0.15) is 0 Å². The summed E-state index contributed by atoms with van der Waals surface area (Å²) in [5, 5.41) is 9.27. The fourth-order valence-corrected chi connectivity index (χ4v) is 1.13. The SMILES string of the molecule is CCc1nc(C(=O)NC(CC)CN)n[nH]1. The van der Waals surface area contributed by atoms with Crippen LogP contribution in [0.3, 0.4) is 0 Å². The van der Waals surface area contributed by atoms with Crippen LogP contribution in [0.1, 0.15) is 36.7 Å². The zero-order chi connectivity index (χ0) is 11.3. The Morgan fingerprint density at radius 2 is 2.33 bits per heavy atom. The van der Waals surface area contributed by atoms with Crippen molar-refractivity contribution in [1.29, 1.82) is 0 Å². The summed E-state index contributed by atoms with van der Waals surface area (Å²) in [5.74, 6) is 0.614. The molecule has 1 amide bonds. The number of hydrogen-bond acceptors (Lipinski definition) is 4. The molecular weight excluding hydrogens is 194 g/mol. The van der Waals surface area contributed by atoms with Gasteiger partial charge in [-0.3, -0.25) is 9.89 Å². The molecule has 1 aromatic rings. The zero-order valence-electron chi connectivity index (χ0n) is 9.08. The maximum absolute atomic E-state index is 11.6. The average Bonchev–Trinajstić information content (AvgIpc) is 2.74. The first-order valence-corrected chi connectivity index (χ1v) is 5.13. The minimum absolute atomic E-state index is 0.0129. The number of carbonyl (C=O) groups excluding carboxylic acids is 1. The molecule has 4 N–H and O–H groups in total. The molecule has 0 aromatic carbocycles. The molecule has 84 valence electrons. The molecule has 1 aromatic heterocycles. The third kappa shape index (κ3) is 3.02. The number of carbonyl (C=O) groups is 1. The van der Waals surface area contributed by atoms with E-state index in [4.69, 9.17) is 5.73 Å². The third-order valence-electron chi connectivity index (χ3n) is 2.18. The summed E-state index contributed by atoms with van der Waals surface area (Å²) >= 11 is 0. The molecule has 0 spiro atoms. The van der Waals surface area contributed by atoms with Gasteiger partial charge in [-0.25, -0.2) is 4.98 Å². The molecule has 1 unspecified atom stereocenters. The van der Waals surface area contributed by atoms with Gasteiger partial charge in [0, 0.05) is 19.0 Å². The monoisotopic (exact) mass is 211 g/mol. The summed E-state index contributed by atoms with van der Waals surface area (Å²) < 4.78 is 0. The van der Waals surface area contributed by atoms with Crippen molar-refractivity contribution >= 4 is 5.91 Å². The fraction of sp³-hybridized carbons (Fsp3) is 0.667. The van der Waals surface area contributed by atoms with E-state index < -0.39 is 0 Å². The van der Waals surface area contributed by atoms with Gasteiger partial charge >= 0.3 is 0 Å². The minimum atomic E-state index is -0.275. The molecule has 0 radical (unpaired) electrons.